The number of hydrogen-bond donors (Lipinski definition) is 0. The van der Waals surface area contributed by atoms with Gasteiger partial charge < -0.3 is 9.64 Å². The summed E-state index contributed by atoms with van der Waals surface area (Å²) < 4.78 is 32.9. The highest BCUT2D eigenvalue weighted by molar-refractivity contribution is 7.92. The van der Waals surface area contributed by atoms with E-state index in [0.717, 1.165) is 22.4 Å². The summed E-state index contributed by atoms with van der Waals surface area (Å²) >= 11 is 0. The second-order valence-corrected chi connectivity index (χ2v) is 9.83. The molecule has 5 rings (SSSR count). The molecule has 0 unspecified atom stereocenters. The number of morpholine rings is 1. The van der Waals surface area contributed by atoms with Gasteiger partial charge >= 0.3 is 0 Å². The number of benzene rings is 3. The van der Waals surface area contributed by atoms with Gasteiger partial charge in [-0.3, -0.25) is 9.10 Å². The maximum absolute atomic E-state index is 13.1. The number of rotatable bonds is 4. The zero-order chi connectivity index (χ0) is 22.1. The summed E-state index contributed by atoms with van der Waals surface area (Å²) in [5, 5.41) is 0. The molecule has 0 atom stereocenters. The average molecular weight is 449 g/mol. The zero-order valence-electron chi connectivity index (χ0n) is 17.6. The second-order valence-electron chi connectivity index (χ2n) is 7.97. The lowest BCUT2D eigenvalue weighted by Crippen LogP contribution is -2.40. The fraction of sp³-hybridized carbons (Fsp3) is 0.240. The summed E-state index contributed by atoms with van der Waals surface area (Å²) in [6.45, 7) is 2.83. The summed E-state index contributed by atoms with van der Waals surface area (Å²) in [5.74, 6) is 0.0237. The molecule has 7 heteroatoms. The van der Waals surface area contributed by atoms with E-state index in [9.17, 15) is 13.2 Å². The molecule has 2 aliphatic heterocycles. The number of sulfonamides is 1. The molecule has 1 fully saturated rings. The highest BCUT2D eigenvalue weighted by Crippen LogP contribution is 2.35. The van der Waals surface area contributed by atoms with E-state index in [1.165, 1.54) is 4.31 Å². The molecule has 0 aliphatic carbocycles. The van der Waals surface area contributed by atoms with E-state index >= 15 is 0 Å². The molecular formula is C25H24N2O4S. The van der Waals surface area contributed by atoms with E-state index < -0.39 is 10.0 Å². The van der Waals surface area contributed by atoms with Crippen molar-refractivity contribution in [1.29, 1.82) is 0 Å². The van der Waals surface area contributed by atoms with Gasteiger partial charge in [0, 0.05) is 25.2 Å². The van der Waals surface area contributed by atoms with Gasteiger partial charge in [0.05, 0.1) is 23.8 Å². The van der Waals surface area contributed by atoms with Crippen LogP contribution in [0.3, 0.4) is 0 Å². The lowest BCUT2D eigenvalue weighted by atomic mass is 10.0. The van der Waals surface area contributed by atoms with Crippen LogP contribution in [0.25, 0.3) is 11.1 Å². The fourth-order valence-electron chi connectivity index (χ4n) is 4.27. The quantitative estimate of drug-likeness (QED) is 0.612. The third-order valence-corrected chi connectivity index (χ3v) is 7.85. The molecule has 3 aromatic rings. The maximum Gasteiger partial charge on any atom is 0.264 e. The summed E-state index contributed by atoms with van der Waals surface area (Å²) in [7, 11) is -3.57. The van der Waals surface area contributed by atoms with E-state index in [0.29, 0.717) is 49.7 Å². The first kappa shape index (κ1) is 20.7. The number of carbonyl (C=O) groups excluding carboxylic acids is 1. The van der Waals surface area contributed by atoms with E-state index in [1.807, 2.05) is 47.4 Å². The SMILES string of the molecule is O=C(c1ccc(-c2ccc3c(c2)CCN3S(=O)(=O)c2ccccc2)cc1)N1CCOCC1. The van der Waals surface area contributed by atoms with Crippen molar-refractivity contribution in [2.24, 2.45) is 0 Å². The molecule has 0 radical (unpaired) electrons. The van der Waals surface area contributed by atoms with Gasteiger partial charge in [0.15, 0.2) is 0 Å². The Kier molecular flexibility index (Phi) is 5.45. The third kappa shape index (κ3) is 3.78. The van der Waals surface area contributed by atoms with Crippen LogP contribution in [-0.2, 0) is 21.2 Å². The largest absolute Gasteiger partial charge is 0.378 e. The van der Waals surface area contributed by atoms with Gasteiger partial charge in [-0.15, -0.1) is 0 Å². The number of amides is 1. The van der Waals surface area contributed by atoms with Crippen molar-refractivity contribution in [3.8, 4) is 11.1 Å². The lowest BCUT2D eigenvalue weighted by Gasteiger charge is -2.26. The third-order valence-electron chi connectivity index (χ3n) is 6.03. The predicted molar refractivity (Wildman–Crippen MR) is 123 cm³/mol. The van der Waals surface area contributed by atoms with Crippen molar-refractivity contribution in [2.45, 2.75) is 11.3 Å². The van der Waals surface area contributed by atoms with Crippen molar-refractivity contribution < 1.29 is 17.9 Å². The topological polar surface area (TPSA) is 66.9 Å². The molecule has 0 bridgehead atoms. The van der Waals surface area contributed by atoms with E-state index in [-0.39, 0.29) is 5.91 Å². The van der Waals surface area contributed by atoms with Gasteiger partial charge in [0.25, 0.3) is 15.9 Å². The molecule has 0 saturated carbocycles. The minimum atomic E-state index is -3.57. The van der Waals surface area contributed by atoms with Crippen molar-refractivity contribution in [1.82, 2.24) is 4.90 Å². The standard InChI is InChI=1S/C25H24N2O4S/c28-25(26-14-16-31-17-15-26)20-8-6-19(7-9-20)21-10-11-24-22(18-21)12-13-27(24)32(29,30)23-4-2-1-3-5-23/h1-11,18H,12-17H2. The van der Waals surface area contributed by atoms with Crippen LogP contribution in [0.1, 0.15) is 15.9 Å². The predicted octanol–water partition coefficient (Wildman–Crippen LogP) is 3.58. The Morgan fingerprint density at radius 3 is 2.22 bits per heavy atom. The van der Waals surface area contributed by atoms with Crippen LogP contribution in [0.5, 0.6) is 0 Å². The monoisotopic (exact) mass is 448 g/mol. The number of hydrogen-bond acceptors (Lipinski definition) is 4. The second kappa shape index (κ2) is 8.41. The maximum atomic E-state index is 13.1. The Balaban J connectivity index is 1.37. The van der Waals surface area contributed by atoms with Crippen LogP contribution in [0, 0.1) is 0 Å². The molecule has 6 nitrogen and oxygen atoms in total. The molecule has 32 heavy (non-hydrogen) atoms. The minimum absolute atomic E-state index is 0.0237. The lowest BCUT2D eigenvalue weighted by molar-refractivity contribution is 0.0303. The minimum Gasteiger partial charge on any atom is -0.378 e. The average Bonchev–Trinajstić information content (AvgIpc) is 3.29. The molecule has 0 N–H and O–H groups in total. The van der Waals surface area contributed by atoms with Gasteiger partial charge in [-0.1, -0.05) is 36.4 Å². The molecule has 0 aromatic heterocycles. The molecule has 1 saturated heterocycles. The van der Waals surface area contributed by atoms with Gasteiger partial charge in [0.2, 0.25) is 0 Å². The number of nitrogens with zero attached hydrogens (tertiary/aromatic N) is 2. The van der Waals surface area contributed by atoms with Crippen LogP contribution in [0.15, 0.2) is 77.7 Å². The van der Waals surface area contributed by atoms with Crippen LogP contribution in [-0.4, -0.2) is 52.1 Å². The first-order valence-corrected chi connectivity index (χ1v) is 12.2. The first-order chi connectivity index (χ1) is 15.5. The van der Waals surface area contributed by atoms with Crippen molar-refractivity contribution in [2.75, 3.05) is 37.2 Å². The summed E-state index contributed by atoms with van der Waals surface area (Å²) in [6.07, 6.45) is 0.669. The van der Waals surface area contributed by atoms with E-state index in [4.69, 9.17) is 4.74 Å². The normalized spacial score (nSPS) is 16.1. The molecule has 2 aliphatic rings. The number of carbonyl (C=O) groups is 1. The highest BCUT2D eigenvalue weighted by atomic mass is 32.2. The van der Waals surface area contributed by atoms with Crippen LogP contribution < -0.4 is 4.31 Å². The Morgan fingerprint density at radius 1 is 0.812 bits per heavy atom. The Bertz CT molecular complexity index is 1230. The van der Waals surface area contributed by atoms with E-state index in [1.54, 1.807) is 24.3 Å². The van der Waals surface area contributed by atoms with Crippen molar-refractivity contribution in [3.05, 3.63) is 83.9 Å². The van der Waals surface area contributed by atoms with Crippen LogP contribution in [0.4, 0.5) is 5.69 Å². The number of anilines is 1. The zero-order valence-corrected chi connectivity index (χ0v) is 18.4. The molecule has 3 aromatic carbocycles. The summed E-state index contributed by atoms with van der Waals surface area (Å²) in [4.78, 5) is 14.8. The van der Waals surface area contributed by atoms with Gasteiger partial charge in [-0.2, -0.15) is 0 Å². The summed E-state index contributed by atoms with van der Waals surface area (Å²) in [6, 6.07) is 22.0. The molecule has 0 spiro atoms. The van der Waals surface area contributed by atoms with Gasteiger partial charge in [0.1, 0.15) is 0 Å². The molecule has 1 amide bonds. The Hall–Kier alpha value is -3.16. The fourth-order valence-corrected chi connectivity index (χ4v) is 5.80. The Labute approximate surface area is 188 Å². The molecule has 164 valence electrons. The van der Waals surface area contributed by atoms with Crippen molar-refractivity contribution >= 4 is 21.6 Å². The van der Waals surface area contributed by atoms with Crippen molar-refractivity contribution in [3.63, 3.8) is 0 Å². The number of ether oxygens (including phenoxy) is 1. The van der Waals surface area contributed by atoms with Gasteiger partial charge in [-0.25, -0.2) is 8.42 Å². The van der Waals surface area contributed by atoms with E-state index in [2.05, 4.69) is 6.07 Å². The first-order valence-electron chi connectivity index (χ1n) is 10.7. The molecule has 2 heterocycles. The Morgan fingerprint density at radius 2 is 1.50 bits per heavy atom. The van der Waals surface area contributed by atoms with Crippen LogP contribution >= 0.6 is 0 Å². The smallest absolute Gasteiger partial charge is 0.264 e. The highest BCUT2D eigenvalue weighted by Gasteiger charge is 2.30. The molecular weight excluding hydrogens is 424 g/mol. The van der Waals surface area contributed by atoms with Crippen LogP contribution in [0.2, 0.25) is 0 Å². The van der Waals surface area contributed by atoms with Gasteiger partial charge in [-0.05, 0) is 59.5 Å². The summed E-state index contributed by atoms with van der Waals surface area (Å²) in [5.41, 5.74) is 4.41. The number of fused-ring (bicyclic) bond motifs is 1.